The summed E-state index contributed by atoms with van der Waals surface area (Å²) in [5.41, 5.74) is 8.78. The Hall–Kier alpha value is -1.89. The van der Waals surface area contributed by atoms with Crippen LogP contribution in [0.2, 0.25) is 0 Å². The molecule has 0 spiro atoms. The summed E-state index contributed by atoms with van der Waals surface area (Å²) in [6.45, 7) is 2.60. The van der Waals surface area contributed by atoms with Crippen molar-refractivity contribution >= 4 is 22.9 Å². The molecule has 2 heterocycles. The summed E-state index contributed by atoms with van der Waals surface area (Å²) in [6, 6.07) is 0. The number of aromatic nitrogens is 3. The molecule has 0 radical (unpaired) electrons. The average Bonchev–Trinajstić information content (AvgIpc) is 2.85. The van der Waals surface area contributed by atoms with Gasteiger partial charge in [0.15, 0.2) is 0 Å². The monoisotopic (exact) mass is 251 g/mol. The van der Waals surface area contributed by atoms with Gasteiger partial charge in [-0.2, -0.15) is 5.10 Å². The van der Waals surface area contributed by atoms with E-state index in [-0.39, 0.29) is 12.5 Å². The minimum atomic E-state index is -0.0964. The molecule has 0 aliphatic heterocycles. The van der Waals surface area contributed by atoms with Crippen LogP contribution < -0.4 is 11.1 Å². The highest BCUT2D eigenvalue weighted by Gasteiger charge is 2.06. The zero-order valence-corrected chi connectivity index (χ0v) is 10.2. The lowest BCUT2D eigenvalue weighted by molar-refractivity contribution is -0.122. The lowest BCUT2D eigenvalue weighted by Gasteiger charge is -2.04. The lowest BCUT2D eigenvalue weighted by atomic mass is 10.4. The van der Waals surface area contributed by atoms with E-state index in [1.54, 1.807) is 11.7 Å². The molecule has 17 heavy (non-hydrogen) atoms. The van der Waals surface area contributed by atoms with Gasteiger partial charge in [-0.1, -0.05) is 0 Å². The molecule has 0 aromatic carbocycles. The lowest BCUT2D eigenvalue weighted by Crippen LogP contribution is -2.27. The van der Waals surface area contributed by atoms with Crippen molar-refractivity contribution in [3.05, 3.63) is 28.5 Å². The van der Waals surface area contributed by atoms with E-state index in [2.05, 4.69) is 15.4 Å². The molecule has 3 N–H and O–H groups in total. The molecule has 0 aliphatic rings. The summed E-state index contributed by atoms with van der Waals surface area (Å²) in [5.74, 6) is -0.0964. The molecule has 0 saturated heterocycles. The molecule has 2 aromatic rings. The summed E-state index contributed by atoms with van der Waals surface area (Å²) >= 11 is 1.53. The van der Waals surface area contributed by atoms with E-state index in [1.165, 1.54) is 22.2 Å². The molecule has 1 amide bonds. The molecule has 0 fully saturated rings. The fraction of sp³-hybridized carbons (Fsp3) is 0.300. The van der Waals surface area contributed by atoms with Gasteiger partial charge in [0.05, 0.1) is 29.6 Å². The van der Waals surface area contributed by atoms with Gasteiger partial charge in [-0.05, 0) is 6.92 Å². The van der Waals surface area contributed by atoms with E-state index >= 15 is 0 Å². The molecule has 2 rings (SSSR count). The fourth-order valence-electron chi connectivity index (χ4n) is 1.34. The Labute approximate surface area is 102 Å². The van der Waals surface area contributed by atoms with Crippen LogP contribution in [0.1, 0.15) is 10.6 Å². The maximum Gasteiger partial charge on any atom is 0.242 e. The van der Waals surface area contributed by atoms with Gasteiger partial charge >= 0.3 is 0 Å². The van der Waals surface area contributed by atoms with E-state index in [4.69, 9.17) is 5.73 Å². The SMILES string of the molecule is Cc1ncsc1CNC(=O)Cn1cc(N)cn1. The summed E-state index contributed by atoms with van der Waals surface area (Å²) in [6.07, 6.45) is 3.14. The van der Waals surface area contributed by atoms with Crippen LogP contribution in [0, 0.1) is 6.92 Å². The van der Waals surface area contributed by atoms with E-state index in [1.807, 2.05) is 6.92 Å². The fourth-order valence-corrected chi connectivity index (χ4v) is 2.06. The van der Waals surface area contributed by atoms with Crippen molar-refractivity contribution in [3.63, 3.8) is 0 Å². The van der Waals surface area contributed by atoms with Gasteiger partial charge in [0.1, 0.15) is 6.54 Å². The number of hydrogen-bond acceptors (Lipinski definition) is 5. The first-order chi connectivity index (χ1) is 8.15. The number of nitrogen functional groups attached to an aromatic ring is 1. The third kappa shape index (κ3) is 3.04. The molecule has 0 atom stereocenters. The first-order valence-corrected chi connectivity index (χ1v) is 5.96. The first-order valence-electron chi connectivity index (χ1n) is 5.09. The highest BCUT2D eigenvalue weighted by atomic mass is 32.1. The largest absolute Gasteiger partial charge is 0.396 e. The number of carbonyl (C=O) groups excluding carboxylic acids is 1. The van der Waals surface area contributed by atoms with Gasteiger partial charge in [-0.15, -0.1) is 11.3 Å². The molecule has 0 unspecified atom stereocenters. The van der Waals surface area contributed by atoms with Gasteiger partial charge in [0.25, 0.3) is 0 Å². The second kappa shape index (κ2) is 4.96. The summed E-state index contributed by atoms with van der Waals surface area (Å²) in [5, 5.41) is 6.75. The highest BCUT2D eigenvalue weighted by molar-refractivity contribution is 7.09. The van der Waals surface area contributed by atoms with Crippen molar-refractivity contribution in [1.29, 1.82) is 0 Å². The van der Waals surface area contributed by atoms with Gasteiger partial charge in [0.2, 0.25) is 5.91 Å². The zero-order valence-electron chi connectivity index (χ0n) is 9.38. The maximum absolute atomic E-state index is 11.6. The van der Waals surface area contributed by atoms with E-state index in [9.17, 15) is 4.79 Å². The molecule has 0 aliphatic carbocycles. The smallest absolute Gasteiger partial charge is 0.242 e. The molecular weight excluding hydrogens is 238 g/mol. The third-order valence-corrected chi connectivity index (χ3v) is 3.18. The molecule has 90 valence electrons. The van der Waals surface area contributed by atoms with Crippen LogP contribution in [-0.4, -0.2) is 20.7 Å². The van der Waals surface area contributed by atoms with Gasteiger partial charge in [-0.3, -0.25) is 9.48 Å². The molecule has 2 aromatic heterocycles. The maximum atomic E-state index is 11.6. The Morgan fingerprint density at radius 3 is 3.06 bits per heavy atom. The molecular formula is C10H13N5OS. The number of aryl methyl sites for hydroxylation is 1. The molecule has 0 saturated carbocycles. The standard InChI is InChI=1S/C10H13N5OS/c1-7-9(17-6-13-7)3-12-10(16)5-15-4-8(11)2-14-15/h2,4,6H,3,5,11H2,1H3,(H,12,16). The van der Waals surface area contributed by atoms with Crippen LogP contribution in [0.5, 0.6) is 0 Å². The number of rotatable bonds is 4. The van der Waals surface area contributed by atoms with Crippen molar-refractivity contribution in [2.75, 3.05) is 5.73 Å². The van der Waals surface area contributed by atoms with Crippen molar-refractivity contribution in [2.45, 2.75) is 20.0 Å². The van der Waals surface area contributed by atoms with Crippen molar-refractivity contribution < 1.29 is 4.79 Å². The summed E-state index contributed by atoms with van der Waals surface area (Å²) in [4.78, 5) is 16.8. The van der Waals surface area contributed by atoms with E-state index < -0.39 is 0 Å². The number of hydrogen-bond donors (Lipinski definition) is 2. The van der Waals surface area contributed by atoms with Gasteiger partial charge in [-0.25, -0.2) is 4.98 Å². The Balaban J connectivity index is 1.84. The minimum absolute atomic E-state index is 0.0964. The predicted molar refractivity (Wildman–Crippen MR) is 65.3 cm³/mol. The molecule has 0 bridgehead atoms. The summed E-state index contributed by atoms with van der Waals surface area (Å²) < 4.78 is 1.50. The average molecular weight is 251 g/mol. The second-order valence-electron chi connectivity index (χ2n) is 3.61. The van der Waals surface area contributed by atoms with Crippen molar-refractivity contribution in [3.8, 4) is 0 Å². The van der Waals surface area contributed by atoms with E-state index in [0.29, 0.717) is 12.2 Å². The third-order valence-electron chi connectivity index (χ3n) is 2.25. The summed E-state index contributed by atoms with van der Waals surface area (Å²) in [7, 11) is 0. The van der Waals surface area contributed by atoms with Crippen molar-refractivity contribution in [2.24, 2.45) is 0 Å². The highest BCUT2D eigenvalue weighted by Crippen LogP contribution is 2.11. The van der Waals surface area contributed by atoms with Crippen LogP contribution in [-0.2, 0) is 17.9 Å². The Morgan fingerprint density at radius 2 is 2.47 bits per heavy atom. The topological polar surface area (TPSA) is 85.8 Å². The van der Waals surface area contributed by atoms with Crippen molar-refractivity contribution in [1.82, 2.24) is 20.1 Å². The number of amides is 1. The van der Waals surface area contributed by atoms with Crippen LogP contribution in [0.25, 0.3) is 0 Å². The predicted octanol–water partition coefficient (Wildman–Crippen LogP) is 0.547. The van der Waals surface area contributed by atoms with E-state index in [0.717, 1.165) is 10.6 Å². The number of anilines is 1. The second-order valence-corrected chi connectivity index (χ2v) is 4.55. The molecule has 7 heteroatoms. The minimum Gasteiger partial charge on any atom is -0.396 e. The number of nitrogens with two attached hydrogens (primary N) is 1. The number of carbonyl (C=O) groups is 1. The van der Waals surface area contributed by atoms with Crippen LogP contribution >= 0.6 is 11.3 Å². The number of thiazole rings is 1. The first kappa shape index (κ1) is 11.6. The Bertz CT molecular complexity index is 518. The zero-order chi connectivity index (χ0) is 12.3. The number of nitrogens with one attached hydrogen (secondary N) is 1. The van der Waals surface area contributed by atoms with Gasteiger partial charge < -0.3 is 11.1 Å². The Morgan fingerprint density at radius 1 is 1.65 bits per heavy atom. The van der Waals surface area contributed by atoms with Gasteiger partial charge in [0, 0.05) is 11.1 Å². The number of nitrogens with zero attached hydrogens (tertiary/aromatic N) is 3. The van der Waals surface area contributed by atoms with Crippen LogP contribution in [0.3, 0.4) is 0 Å². The Kier molecular flexibility index (Phi) is 3.38. The quantitative estimate of drug-likeness (QED) is 0.830. The van der Waals surface area contributed by atoms with Crippen LogP contribution in [0.15, 0.2) is 17.9 Å². The van der Waals surface area contributed by atoms with Crippen LogP contribution in [0.4, 0.5) is 5.69 Å². The molecule has 6 nitrogen and oxygen atoms in total. The normalized spacial score (nSPS) is 10.4.